The lowest BCUT2D eigenvalue weighted by molar-refractivity contribution is -0.254. The van der Waals surface area contributed by atoms with Crippen LogP contribution in [-0.2, 0) is 12.4 Å². The van der Waals surface area contributed by atoms with Crippen LogP contribution in [0.1, 0.15) is 22.3 Å². The van der Waals surface area contributed by atoms with Crippen molar-refractivity contribution in [2.45, 2.75) is 30.1 Å². The van der Waals surface area contributed by atoms with E-state index in [1.807, 2.05) is 0 Å². The van der Waals surface area contributed by atoms with E-state index in [4.69, 9.17) is 0 Å². The third-order valence-corrected chi connectivity index (χ3v) is 4.62. The lowest BCUT2D eigenvalue weighted by atomic mass is 9.93. The van der Waals surface area contributed by atoms with Gasteiger partial charge in [0.15, 0.2) is 0 Å². The first kappa shape index (κ1) is 23.0. The highest BCUT2D eigenvalue weighted by molar-refractivity contribution is 6.01. The SMILES string of the molecule is FC(F)(F)c1cccc(C2=C(c3cccc(C(F)(F)F)c3)C(F)(F)C(F)(F)C2(F)F)c1. The Labute approximate surface area is 165 Å². The molecule has 0 aromatic heterocycles. The zero-order chi connectivity index (χ0) is 23.6. The van der Waals surface area contributed by atoms with Crippen molar-refractivity contribution in [3.63, 3.8) is 0 Å². The molecule has 3 rings (SSSR count). The fourth-order valence-corrected chi connectivity index (χ4v) is 3.18. The Morgan fingerprint density at radius 2 is 0.839 bits per heavy atom. The van der Waals surface area contributed by atoms with Gasteiger partial charge in [-0.2, -0.15) is 52.7 Å². The number of hydrogen-bond donors (Lipinski definition) is 0. The Balaban J connectivity index is 2.40. The van der Waals surface area contributed by atoms with Crippen LogP contribution in [0.25, 0.3) is 11.1 Å². The molecule has 0 radical (unpaired) electrons. The molecule has 0 nitrogen and oxygen atoms in total. The number of rotatable bonds is 2. The Kier molecular flexibility index (Phi) is 4.95. The van der Waals surface area contributed by atoms with Gasteiger partial charge in [0.05, 0.1) is 11.1 Å². The van der Waals surface area contributed by atoms with Gasteiger partial charge in [-0.3, -0.25) is 0 Å². The number of alkyl halides is 12. The lowest BCUT2D eigenvalue weighted by Crippen LogP contribution is -2.48. The van der Waals surface area contributed by atoms with Crippen molar-refractivity contribution in [2.24, 2.45) is 0 Å². The van der Waals surface area contributed by atoms with Gasteiger partial charge in [0, 0.05) is 11.1 Å². The van der Waals surface area contributed by atoms with Crippen LogP contribution >= 0.6 is 0 Å². The molecule has 0 spiro atoms. The second kappa shape index (κ2) is 6.67. The molecule has 0 saturated heterocycles. The highest BCUT2D eigenvalue weighted by Crippen LogP contribution is 2.64. The summed E-state index contributed by atoms with van der Waals surface area (Å²) in [5.74, 6) is -17.5. The monoisotopic (exact) mass is 464 g/mol. The summed E-state index contributed by atoms with van der Waals surface area (Å²) in [5.41, 5.74) is -10.2. The molecule has 31 heavy (non-hydrogen) atoms. The van der Waals surface area contributed by atoms with Crippen molar-refractivity contribution in [3.8, 4) is 0 Å². The molecular weight excluding hydrogens is 456 g/mol. The van der Waals surface area contributed by atoms with Gasteiger partial charge in [0.25, 0.3) is 0 Å². The molecular formula is C19H8F12. The van der Waals surface area contributed by atoms with Crippen molar-refractivity contribution >= 4 is 11.1 Å². The van der Waals surface area contributed by atoms with Crippen LogP contribution in [0, 0.1) is 0 Å². The molecule has 0 fully saturated rings. The van der Waals surface area contributed by atoms with Gasteiger partial charge in [-0.25, -0.2) is 0 Å². The number of hydrogen-bond acceptors (Lipinski definition) is 0. The van der Waals surface area contributed by atoms with Crippen molar-refractivity contribution < 1.29 is 52.7 Å². The van der Waals surface area contributed by atoms with Gasteiger partial charge in [0.2, 0.25) is 0 Å². The zero-order valence-corrected chi connectivity index (χ0v) is 14.7. The maximum atomic E-state index is 14.5. The minimum atomic E-state index is -6.12. The van der Waals surface area contributed by atoms with Gasteiger partial charge >= 0.3 is 30.1 Å². The summed E-state index contributed by atoms with van der Waals surface area (Å²) in [6, 6.07) is 2.66. The van der Waals surface area contributed by atoms with Gasteiger partial charge in [-0.15, -0.1) is 0 Å². The molecule has 0 N–H and O–H groups in total. The van der Waals surface area contributed by atoms with E-state index in [1.165, 1.54) is 0 Å². The topological polar surface area (TPSA) is 0 Å². The van der Waals surface area contributed by atoms with Crippen LogP contribution in [0.3, 0.4) is 0 Å². The average molecular weight is 464 g/mol. The minimum absolute atomic E-state index is 0.0473. The second-order valence-corrected chi connectivity index (χ2v) is 6.63. The predicted molar refractivity (Wildman–Crippen MR) is 84.5 cm³/mol. The van der Waals surface area contributed by atoms with Crippen LogP contribution < -0.4 is 0 Å². The summed E-state index contributed by atoms with van der Waals surface area (Å²) in [4.78, 5) is 0. The van der Waals surface area contributed by atoms with Gasteiger partial charge < -0.3 is 0 Å². The Hall–Kier alpha value is -2.66. The van der Waals surface area contributed by atoms with Crippen molar-refractivity contribution in [1.29, 1.82) is 0 Å². The first-order valence-electron chi connectivity index (χ1n) is 8.16. The summed E-state index contributed by atoms with van der Waals surface area (Å²) in [6.07, 6.45) is -10.3. The molecule has 0 aliphatic heterocycles. The molecule has 2 aromatic carbocycles. The second-order valence-electron chi connectivity index (χ2n) is 6.63. The van der Waals surface area contributed by atoms with Crippen LogP contribution in [-0.4, -0.2) is 17.8 Å². The molecule has 168 valence electrons. The summed E-state index contributed by atoms with van der Waals surface area (Å²) < 4.78 is 164. The summed E-state index contributed by atoms with van der Waals surface area (Å²) in [6.45, 7) is 0. The molecule has 1 aliphatic rings. The molecule has 0 heterocycles. The molecule has 2 aromatic rings. The normalized spacial score (nSPS) is 20.3. The third kappa shape index (κ3) is 3.45. The maximum absolute atomic E-state index is 14.5. The maximum Gasteiger partial charge on any atom is 0.416 e. The van der Waals surface area contributed by atoms with E-state index < -0.39 is 63.5 Å². The van der Waals surface area contributed by atoms with Crippen LogP contribution in [0.15, 0.2) is 48.5 Å². The Morgan fingerprint density at radius 1 is 0.516 bits per heavy atom. The van der Waals surface area contributed by atoms with E-state index in [0.29, 0.717) is 36.4 Å². The zero-order valence-electron chi connectivity index (χ0n) is 14.7. The van der Waals surface area contributed by atoms with Gasteiger partial charge in [-0.1, -0.05) is 24.3 Å². The lowest BCUT2D eigenvalue weighted by Gasteiger charge is -2.26. The van der Waals surface area contributed by atoms with Crippen molar-refractivity contribution in [2.75, 3.05) is 0 Å². The molecule has 0 atom stereocenters. The smallest absolute Gasteiger partial charge is 0.194 e. The summed E-state index contributed by atoms with van der Waals surface area (Å²) >= 11 is 0. The van der Waals surface area contributed by atoms with E-state index in [2.05, 4.69) is 0 Å². The third-order valence-electron chi connectivity index (χ3n) is 4.62. The van der Waals surface area contributed by atoms with Crippen molar-refractivity contribution in [1.82, 2.24) is 0 Å². The first-order valence-corrected chi connectivity index (χ1v) is 8.16. The molecule has 0 unspecified atom stereocenters. The van der Waals surface area contributed by atoms with Crippen LogP contribution in [0.5, 0.6) is 0 Å². The van der Waals surface area contributed by atoms with Crippen LogP contribution in [0.2, 0.25) is 0 Å². The molecule has 0 bridgehead atoms. The van der Waals surface area contributed by atoms with Crippen LogP contribution in [0.4, 0.5) is 52.7 Å². The highest BCUT2D eigenvalue weighted by Gasteiger charge is 2.80. The van der Waals surface area contributed by atoms with E-state index in [9.17, 15) is 52.7 Å². The standard InChI is InChI=1S/C19H8F12/c20-15(21)13(9-3-1-5-11(7-9)17(24,25)26)14(16(22,23)19(15,30)31)10-4-2-6-12(8-10)18(27,28)29/h1-8H. The van der Waals surface area contributed by atoms with Gasteiger partial charge in [0.1, 0.15) is 0 Å². The van der Waals surface area contributed by atoms with Gasteiger partial charge in [-0.05, 0) is 35.4 Å². The van der Waals surface area contributed by atoms with E-state index >= 15 is 0 Å². The van der Waals surface area contributed by atoms with E-state index in [0.717, 1.165) is 0 Å². The largest absolute Gasteiger partial charge is 0.416 e. The fourth-order valence-electron chi connectivity index (χ4n) is 3.18. The fraction of sp³-hybridized carbons (Fsp3) is 0.263. The molecule has 12 heteroatoms. The average Bonchev–Trinajstić information content (AvgIpc) is 2.74. The number of halogens is 12. The predicted octanol–water partition coefficient (Wildman–Crippen LogP) is 7.55. The number of benzene rings is 2. The summed E-state index contributed by atoms with van der Waals surface area (Å²) in [7, 11) is 0. The van der Waals surface area contributed by atoms with E-state index in [1.54, 1.807) is 0 Å². The van der Waals surface area contributed by atoms with E-state index in [-0.39, 0.29) is 12.1 Å². The minimum Gasteiger partial charge on any atom is -0.194 e. The summed E-state index contributed by atoms with van der Waals surface area (Å²) in [5, 5.41) is 0. The van der Waals surface area contributed by atoms with Crippen molar-refractivity contribution in [3.05, 3.63) is 70.8 Å². The quantitative estimate of drug-likeness (QED) is 0.403. The Bertz CT molecular complexity index is 959. The number of allylic oxidation sites excluding steroid dienone is 2. The molecule has 0 saturated carbocycles. The molecule has 0 amide bonds. The molecule has 1 aliphatic carbocycles. The highest BCUT2D eigenvalue weighted by atomic mass is 19.4. The Morgan fingerprint density at radius 3 is 1.13 bits per heavy atom. The first-order chi connectivity index (χ1) is 13.9.